The fraction of sp³-hybridized carbons (Fsp3) is 0.917. The van der Waals surface area contributed by atoms with Gasteiger partial charge in [0.25, 0.3) is 0 Å². The van der Waals surface area contributed by atoms with Crippen LogP contribution in [0.5, 0.6) is 0 Å². The van der Waals surface area contributed by atoms with Gasteiger partial charge in [-0.05, 0) is 25.5 Å². The van der Waals surface area contributed by atoms with Gasteiger partial charge in [-0.15, -0.1) is 0 Å². The van der Waals surface area contributed by atoms with Crippen LogP contribution in [0.25, 0.3) is 0 Å². The summed E-state index contributed by atoms with van der Waals surface area (Å²) >= 11 is 1.93. The second-order valence-corrected chi connectivity index (χ2v) is 8.00. The Bertz CT molecular complexity index is 412. The first-order chi connectivity index (χ1) is 9.44. The van der Waals surface area contributed by atoms with Crippen molar-refractivity contribution in [3.8, 4) is 0 Å². The standard InChI is InChI=1S/C12H26N4O2S2/c1-13-12(14-7-8-15-20(3,17)18)16-10-5-4-6-11(9-10)19-2/h10-11,15H,4-9H2,1-3H3,(H2,13,14,16). The quantitative estimate of drug-likeness (QED) is 0.374. The molecule has 0 spiro atoms. The molecule has 0 aromatic heterocycles. The second kappa shape index (κ2) is 8.74. The van der Waals surface area contributed by atoms with Crippen LogP contribution in [-0.4, -0.2) is 58.3 Å². The Kier molecular flexibility index (Phi) is 7.68. The van der Waals surface area contributed by atoms with E-state index >= 15 is 0 Å². The van der Waals surface area contributed by atoms with Crippen molar-refractivity contribution in [1.29, 1.82) is 0 Å². The van der Waals surface area contributed by atoms with Gasteiger partial charge in [-0.1, -0.05) is 6.42 Å². The van der Waals surface area contributed by atoms with Crippen molar-refractivity contribution in [2.45, 2.75) is 37.0 Å². The van der Waals surface area contributed by atoms with E-state index < -0.39 is 10.0 Å². The minimum absolute atomic E-state index is 0.359. The highest BCUT2D eigenvalue weighted by molar-refractivity contribution is 7.99. The van der Waals surface area contributed by atoms with E-state index in [1.165, 1.54) is 19.3 Å². The zero-order valence-electron chi connectivity index (χ0n) is 12.5. The van der Waals surface area contributed by atoms with Gasteiger partial charge < -0.3 is 10.6 Å². The van der Waals surface area contributed by atoms with E-state index in [4.69, 9.17) is 0 Å². The molecule has 1 fully saturated rings. The van der Waals surface area contributed by atoms with E-state index in [9.17, 15) is 8.42 Å². The minimum atomic E-state index is -3.12. The Labute approximate surface area is 126 Å². The summed E-state index contributed by atoms with van der Waals surface area (Å²) in [5.41, 5.74) is 0. The van der Waals surface area contributed by atoms with Crippen LogP contribution in [0.15, 0.2) is 4.99 Å². The molecule has 0 radical (unpaired) electrons. The lowest BCUT2D eigenvalue weighted by molar-refractivity contribution is 0.419. The van der Waals surface area contributed by atoms with Gasteiger partial charge in [0.1, 0.15) is 0 Å². The molecule has 118 valence electrons. The molecule has 0 aliphatic heterocycles. The maximum Gasteiger partial charge on any atom is 0.208 e. The SMILES string of the molecule is CN=C(NCCNS(C)(=O)=O)NC1CCCC(SC)C1. The highest BCUT2D eigenvalue weighted by atomic mass is 32.2. The smallest absolute Gasteiger partial charge is 0.208 e. The molecule has 0 bridgehead atoms. The largest absolute Gasteiger partial charge is 0.355 e. The van der Waals surface area contributed by atoms with E-state index in [0.29, 0.717) is 19.1 Å². The monoisotopic (exact) mass is 322 g/mol. The first-order valence-corrected chi connectivity index (χ1v) is 10.1. The normalized spacial score (nSPS) is 24.4. The lowest BCUT2D eigenvalue weighted by Gasteiger charge is -2.29. The highest BCUT2D eigenvalue weighted by Gasteiger charge is 2.21. The molecule has 2 unspecified atom stereocenters. The summed E-state index contributed by atoms with van der Waals surface area (Å²) in [6, 6.07) is 0.454. The summed E-state index contributed by atoms with van der Waals surface area (Å²) in [4.78, 5) is 4.18. The zero-order chi connectivity index (χ0) is 15.0. The number of hydrogen-bond acceptors (Lipinski definition) is 4. The molecule has 1 saturated carbocycles. The summed E-state index contributed by atoms with van der Waals surface area (Å²) in [5, 5.41) is 7.27. The molecule has 0 aromatic rings. The van der Waals surface area contributed by atoms with Crippen LogP contribution in [0.2, 0.25) is 0 Å². The van der Waals surface area contributed by atoms with Crippen LogP contribution in [0.1, 0.15) is 25.7 Å². The fourth-order valence-electron chi connectivity index (χ4n) is 2.30. The number of aliphatic imine (C=N–C) groups is 1. The van der Waals surface area contributed by atoms with Crippen molar-refractivity contribution in [1.82, 2.24) is 15.4 Å². The Morgan fingerprint density at radius 2 is 2.10 bits per heavy atom. The number of thioether (sulfide) groups is 1. The van der Waals surface area contributed by atoms with Crippen LogP contribution in [0.4, 0.5) is 0 Å². The number of rotatable bonds is 6. The third kappa shape index (κ3) is 7.35. The number of nitrogens with one attached hydrogen (secondary N) is 3. The van der Waals surface area contributed by atoms with E-state index in [1.54, 1.807) is 7.05 Å². The Hall–Kier alpha value is -0.470. The molecule has 0 saturated heterocycles. The van der Waals surface area contributed by atoms with Crippen LogP contribution >= 0.6 is 11.8 Å². The predicted molar refractivity (Wildman–Crippen MR) is 86.9 cm³/mol. The van der Waals surface area contributed by atoms with Gasteiger partial charge in [0.05, 0.1) is 6.26 Å². The molecule has 2 atom stereocenters. The first-order valence-electron chi connectivity index (χ1n) is 6.89. The van der Waals surface area contributed by atoms with E-state index in [1.807, 2.05) is 11.8 Å². The van der Waals surface area contributed by atoms with Gasteiger partial charge in [0.15, 0.2) is 5.96 Å². The van der Waals surface area contributed by atoms with E-state index in [-0.39, 0.29) is 0 Å². The van der Waals surface area contributed by atoms with Crippen LogP contribution in [0.3, 0.4) is 0 Å². The molecule has 6 nitrogen and oxygen atoms in total. The van der Waals surface area contributed by atoms with Gasteiger partial charge in [0, 0.05) is 31.4 Å². The van der Waals surface area contributed by atoms with Crippen LogP contribution < -0.4 is 15.4 Å². The molecule has 3 N–H and O–H groups in total. The predicted octanol–water partition coefficient (Wildman–Crippen LogP) is 0.375. The molecule has 0 amide bonds. The van der Waals surface area contributed by atoms with Crippen LogP contribution in [-0.2, 0) is 10.0 Å². The molecule has 20 heavy (non-hydrogen) atoms. The molecule has 8 heteroatoms. The summed E-state index contributed by atoms with van der Waals surface area (Å²) < 4.78 is 24.3. The minimum Gasteiger partial charge on any atom is -0.355 e. The third-order valence-corrected chi connectivity index (χ3v) is 5.13. The van der Waals surface area contributed by atoms with Gasteiger partial charge in [-0.3, -0.25) is 4.99 Å². The summed E-state index contributed by atoms with van der Waals surface area (Å²) in [6.07, 6.45) is 8.18. The molecular formula is C12H26N4O2S2. The van der Waals surface area contributed by atoms with Crippen molar-refractivity contribution in [2.24, 2.45) is 4.99 Å². The number of sulfonamides is 1. The topological polar surface area (TPSA) is 82.6 Å². The summed E-state index contributed by atoms with van der Waals surface area (Å²) in [7, 11) is -1.39. The maximum atomic E-state index is 10.9. The maximum absolute atomic E-state index is 10.9. The van der Waals surface area contributed by atoms with Crippen molar-refractivity contribution in [2.75, 3.05) is 32.6 Å². The first kappa shape index (κ1) is 17.6. The zero-order valence-corrected chi connectivity index (χ0v) is 14.1. The van der Waals surface area contributed by atoms with Crippen molar-refractivity contribution >= 4 is 27.7 Å². The third-order valence-electron chi connectivity index (χ3n) is 3.31. The fourth-order valence-corrected chi connectivity index (χ4v) is 3.60. The Morgan fingerprint density at radius 1 is 1.35 bits per heavy atom. The molecular weight excluding hydrogens is 296 g/mol. The van der Waals surface area contributed by atoms with Crippen molar-refractivity contribution < 1.29 is 8.42 Å². The Morgan fingerprint density at radius 3 is 2.70 bits per heavy atom. The lowest BCUT2D eigenvalue weighted by Crippen LogP contribution is -2.47. The van der Waals surface area contributed by atoms with Crippen molar-refractivity contribution in [3.63, 3.8) is 0 Å². The van der Waals surface area contributed by atoms with Gasteiger partial charge in [-0.25, -0.2) is 13.1 Å². The molecule has 1 rings (SSSR count). The average molecular weight is 323 g/mol. The molecule has 0 heterocycles. The summed E-state index contributed by atoms with van der Waals surface area (Å²) in [5.74, 6) is 0.743. The highest BCUT2D eigenvalue weighted by Crippen LogP contribution is 2.26. The molecule has 0 aromatic carbocycles. The Balaban J connectivity index is 2.29. The lowest BCUT2D eigenvalue weighted by atomic mass is 9.95. The second-order valence-electron chi connectivity index (χ2n) is 5.03. The van der Waals surface area contributed by atoms with E-state index in [2.05, 4.69) is 26.6 Å². The van der Waals surface area contributed by atoms with Gasteiger partial charge >= 0.3 is 0 Å². The number of nitrogens with zero attached hydrogens (tertiary/aromatic N) is 1. The average Bonchev–Trinajstić information content (AvgIpc) is 2.41. The summed E-state index contributed by atoms with van der Waals surface area (Å²) in [6.45, 7) is 0.878. The van der Waals surface area contributed by atoms with Gasteiger partial charge in [-0.2, -0.15) is 11.8 Å². The number of hydrogen-bond donors (Lipinski definition) is 3. The van der Waals surface area contributed by atoms with Crippen molar-refractivity contribution in [3.05, 3.63) is 0 Å². The van der Waals surface area contributed by atoms with Gasteiger partial charge in [0.2, 0.25) is 10.0 Å². The van der Waals surface area contributed by atoms with Crippen LogP contribution in [0, 0.1) is 0 Å². The molecule has 1 aliphatic rings. The van der Waals surface area contributed by atoms with E-state index in [0.717, 1.165) is 23.9 Å². The number of guanidine groups is 1. The molecule has 1 aliphatic carbocycles.